The first-order chi connectivity index (χ1) is 24.0. The molecule has 0 unspecified atom stereocenters. The van der Waals surface area contributed by atoms with E-state index in [9.17, 15) is 14.4 Å². The van der Waals surface area contributed by atoms with Crippen LogP contribution in [0.4, 0.5) is 0 Å². The lowest BCUT2D eigenvalue weighted by atomic mass is 10.0. The third kappa shape index (κ3) is 31.0. The number of hydrogen-bond acceptors (Lipinski definition) is 5. The van der Waals surface area contributed by atoms with E-state index < -0.39 is 12.1 Å². The van der Waals surface area contributed by atoms with Crippen molar-refractivity contribution in [3.63, 3.8) is 0 Å². The van der Waals surface area contributed by atoms with Crippen LogP contribution in [-0.2, 0) is 14.4 Å². The second-order valence-electron chi connectivity index (χ2n) is 14.8. The molecule has 0 heterocycles. The molecule has 0 rings (SSSR count). The zero-order valence-corrected chi connectivity index (χ0v) is 32.7. The standard InChI is InChI=1S/C42H83N4O3/c1-3-5-7-9-11-13-15-17-19-21-23-25-27-29-33-39(38-47)46(41(48)37-45-42(49)40(44)34-30-31-35-43)36-32-28-26-24-22-20-18-16-14-12-10-8-6-4-2/h39-40H,3-37,43-44H2,1-2H3,(H,45,49)/t39-,40-/m0/s1. The summed E-state index contributed by atoms with van der Waals surface area (Å²) in [6, 6.07) is -1.20. The Hall–Kier alpha value is -1.47. The highest BCUT2D eigenvalue weighted by molar-refractivity contribution is 5.88. The Morgan fingerprint density at radius 3 is 1.31 bits per heavy atom. The van der Waals surface area contributed by atoms with E-state index >= 15 is 0 Å². The first kappa shape index (κ1) is 47.5. The van der Waals surface area contributed by atoms with Crippen molar-refractivity contribution in [3.05, 3.63) is 0 Å². The number of hydrogen-bond donors (Lipinski definition) is 3. The summed E-state index contributed by atoms with van der Waals surface area (Å²) in [5, 5.41) is 2.72. The highest BCUT2D eigenvalue weighted by Crippen LogP contribution is 2.17. The van der Waals surface area contributed by atoms with Gasteiger partial charge in [-0.25, -0.2) is 0 Å². The molecular weight excluding hydrogens is 608 g/mol. The fourth-order valence-corrected chi connectivity index (χ4v) is 6.78. The molecular formula is C42H83N4O3. The minimum Gasteiger partial charge on any atom is -0.346 e. The van der Waals surface area contributed by atoms with E-state index in [2.05, 4.69) is 25.5 Å². The number of carbonyl (C=O) groups is 2. The lowest BCUT2D eigenvalue weighted by Crippen LogP contribution is -2.49. The van der Waals surface area contributed by atoms with Crippen molar-refractivity contribution in [2.24, 2.45) is 11.5 Å². The molecule has 0 aliphatic rings. The molecule has 0 bridgehead atoms. The Bertz CT molecular complexity index is 735. The minimum atomic E-state index is -0.650. The van der Waals surface area contributed by atoms with Crippen LogP contribution in [0.5, 0.6) is 0 Å². The Balaban J connectivity index is 4.47. The summed E-state index contributed by atoms with van der Waals surface area (Å²) in [6.45, 7) is 5.52. The lowest BCUT2D eigenvalue weighted by molar-refractivity contribution is -0.134. The van der Waals surface area contributed by atoms with Gasteiger partial charge in [-0.05, 0) is 32.2 Å². The van der Waals surface area contributed by atoms with Gasteiger partial charge in [0, 0.05) is 6.54 Å². The van der Waals surface area contributed by atoms with Crippen LogP contribution in [0.1, 0.15) is 219 Å². The summed E-state index contributed by atoms with van der Waals surface area (Å²) in [6.07, 6.45) is 40.8. The van der Waals surface area contributed by atoms with Gasteiger partial charge in [0.25, 0.3) is 0 Å². The fourth-order valence-electron chi connectivity index (χ4n) is 6.78. The summed E-state index contributed by atoms with van der Waals surface area (Å²) in [5.74, 6) is -0.531. The molecule has 0 saturated heterocycles. The number of nitrogens with two attached hydrogens (primary N) is 2. The van der Waals surface area contributed by atoms with Gasteiger partial charge in [-0.1, -0.05) is 194 Å². The molecule has 5 N–H and O–H groups in total. The van der Waals surface area contributed by atoms with Crippen molar-refractivity contribution in [1.29, 1.82) is 0 Å². The lowest BCUT2D eigenvalue weighted by Gasteiger charge is -2.28. The molecule has 0 fully saturated rings. The van der Waals surface area contributed by atoms with Crippen molar-refractivity contribution in [2.75, 3.05) is 19.6 Å². The second kappa shape index (κ2) is 37.8. The number of nitrogens with zero attached hydrogens (tertiary/aromatic N) is 1. The maximum atomic E-state index is 13.3. The molecule has 0 aromatic heterocycles. The zero-order valence-electron chi connectivity index (χ0n) is 32.7. The zero-order chi connectivity index (χ0) is 36.0. The molecule has 1 radical (unpaired) electrons. The van der Waals surface area contributed by atoms with Gasteiger partial charge < -0.3 is 21.7 Å². The molecule has 0 aromatic carbocycles. The molecule has 0 aromatic rings. The van der Waals surface area contributed by atoms with Gasteiger partial charge in [0.05, 0.1) is 18.6 Å². The average molecular weight is 692 g/mol. The predicted molar refractivity (Wildman–Crippen MR) is 210 cm³/mol. The van der Waals surface area contributed by atoms with Gasteiger partial charge in [0.1, 0.15) is 0 Å². The Kier molecular flexibility index (Phi) is 36.6. The third-order valence-corrected chi connectivity index (χ3v) is 10.1. The Morgan fingerprint density at radius 1 is 0.551 bits per heavy atom. The highest BCUT2D eigenvalue weighted by atomic mass is 16.2. The largest absolute Gasteiger partial charge is 0.346 e. The van der Waals surface area contributed by atoms with Crippen molar-refractivity contribution in [2.45, 2.75) is 231 Å². The van der Waals surface area contributed by atoms with E-state index in [0.29, 0.717) is 25.9 Å². The van der Waals surface area contributed by atoms with Gasteiger partial charge in [0.2, 0.25) is 18.1 Å². The molecule has 49 heavy (non-hydrogen) atoms. The number of carbonyl (C=O) groups excluding carboxylic acids is 3. The summed E-state index contributed by atoms with van der Waals surface area (Å²) in [4.78, 5) is 39.6. The summed E-state index contributed by atoms with van der Waals surface area (Å²) < 4.78 is 0. The highest BCUT2D eigenvalue weighted by Gasteiger charge is 2.24. The van der Waals surface area contributed by atoms with Crippen LogP contribution in [0, 0.1) is 0 Å². The maximum Gasteiger partial charge on any atom is 0.242 e. The van der Waals surface area contributed by atoms with Crippen molar-refractivity contribution >= 4 is 18.1 Å². The van der Waals surface area contributed by atoms with E-state index in [1.54, 1.807) is 4.90 Å². The topological polar surface area (TPSA) is 119 Å². The number of unbranched alkanes of at least 4 members (excludes halogenated alkanes) is 27. The quantitative estimate of drug-likeness (QED) is 0.0555. The van der Waals surface area contributed by atoms with Crippen LogP contribution in [0.2, 0.25) is 0 Å². The molecule has 289 valence electrons. The Morgan fingerprint density at radius 2 is 0.918 bits per heavy atom. The molecule has 2 amide bonds. The third-order valence-electron chi connectivity index (χ3n) is 10.1. The first-order valence-electron chi connectivity index (χ1n) is 21.4. The van der Waals surface area contributed by atoms with Crippen LogP contribution in [-0.4, -0.2) is 54.7 Å². The molecule has 7 nitrogen and oxygen atoms in total. The van der Waals surface area contributed by atoms with E-state index in [0.717, 1.165) is 44.9 Å². The van der Waals surface area contributed by atoms with E-state index in [-0.39, 0.29) is 18.4 Å². The number of amides is 2. The van der Waals surface area contributed by atoms with Crippen molar-refractivity contribution in [3.8, 4) is 0 Å². The minimum absolute atomic E-state index is 0.126. The van der Waals surface area contributed by atoms with Crippen LogP contribution < -0.4 is 16.8 Å². The Labute approximate surface area is 304 Å². The molecule has 0 saturated carbocycles. The average Bonchev–Trinajstić information content (AvgIpc) is 3.11. The van der Waals surface area contributed by atoms with E-state index in [1.165, 1.54) is 148 Å². The smallest absolute Gasteiger partial charge is 0.242 e. The fraction of sp³-hybridized carbons (Fsp3) is 0.929. The van der Waals surface area contributed by atoms with Crippen LogP contribution >= 0.6 is 0 Å². The monoisotopic (exact) mass is 692 g/mol. The summed E-state index contributed by atoms with van der Waals surface area (Å²) in [5.41, 5.74) is 11.6. The van der Waals surface area contributed by atoms with Gasteiger partial charge in [0.15, 0.2) is 0 Å². The van der Waals surface area contributed by atoms with Gasteiger partial charge in [-0.3, -0.25) is 14.4 Å². The summed E-state index contributed by atoms with van der Waals surface area (Å²) in [7, 11) is 0. The predicted octanol–water partition coefficient (Wildman–Crippen LogP) is 10.2. The van der Waals surface area contributed by atoms with Crippen LogP contribution in [0.3, 0.4) is 0 Å². The van der Waals surface area contributed by atoms with Gasteiger partial charge in [-0.2, -0.15) is 0 Å². The van der Waals surface area contributed by atoms with Crippen LogP contribution in [0.15, 0.2) is 0 Å². The van der Waals surface area contributed by atoms with E-state index in [1.807, 2.05) is 0 Å². The van der Waals surface area contributed by atoms with E-state index in [4.69, 9.17) is 11.5 Å². The summed E-state index contributed by atoms with van der Waals surface area (Å²) >= 11 is 0. The second-order valence-corrected chi connectivity index (χ2v) is 14.8. The molecule has 7 heteroatoms. The maximum absolute atomic E-state index is 13.3. The molecule has 0 aliphatic heterocycles. The SMILES string of the molecule is CCCCCCCCCCCCCCCC[C@@H]([C]=O)N(CCCCCCCCCCCCCCCC)C(=O)CNC(=O)[C@@H](N)CCCCN. The normalized spacial score (nSPS) is 12.6. The van der Waals surface area contributed by atoms with Gasteiger partial charge >= 0.3 is 0 Å². The van der Waals surface area contributed by atoms with Crippen LogP contribution in [0.25, 0.3) is 0 Å². The number of nitrogens with one attached hydrogen (secondary N) is 1. The van der Waals surface area contributed by atoms with Crippen molar-refractivity contribution < 1.29 is 14.4 Å². The van der Waals surface area contributed by atoms with Crippen molar-refractivity contribution in [1.82, 2.24) is 10.2 Å². The molecule has 0 spiro atoms. The van der Waals surface area contributed by atoms with Gasteiger partial charge in [-0.15, -0.1) is 0 Å². The first-order valence-corrected chi connectivity index (χ1v) is 21.4. The number of rotatable bonds is 39. The molecule has 2 atom stereocenters. The molecule has 0 aliphatic carbocycles.